The SMILES string of the molecule is CC1CN(S(=O)(=O)CCNC(=O)Nc2cn(C)nc2C(F)F)CC(C)O1. The van der Waals surface area contributed by atoms with Crippen molar-refractivity contribution in [3.05, 3.63) is 11.9 Å². The van der Waals surface area contributed by atoms with E-state index < -0.39 is 28.2 Å². The number of amides is 2. The average Bonchev–Trinajstić information content (AvgIpc) is 2.86. The first kappa shape index (κ1) is 20.5. The molecule has 1 aliphatic heterocycles. The minimum atomic E-state index is -3.56. The molecule has 0 aromatic carbocycles. The van der Waals surface area contributed by atoms with Gasteiger partial charge in [-0.1, -0.05) is 0 Å². The Hall–Kier alpha value is -1.79. The number of aryl methyl sites for hydroxylation is 1. The average molecular weight is 395 g/mol. The molecule has 2 unspecified atom stereocenters. The van der Waals surface area contributed by atoms with Crippen LogP contribution in [-0.2, 0) is 21.8 Å². The first-order valence-corrected chi connectivity index (χ1v) is 9.69. The normalized spacial score (nSPS) is 21.8. The summed E-state index contributed by atoms with van der Waals surface area (Å²) in [6, 6.07) is -0.779. The van der Waals surface area contributed by atoms with Crippen LogP contribution in [0.15, 0.2) is 6.20 Å². The Kier molecular flexibility index (Phi) is 6.53. The molecule has 0 bridgehead atoms. The highest BCUT2D eigenvalue weighted by Gasteiger charge is 2.30. The monoisotopic (exact) mass is 395 g/mol. The molecule has 1 saturated heterocycles. The smallest absolute Gasteiger partial charge is 0.319 e. The summed E-state index contributed by atoms with van der Waals surface area (Å²) in [5, 5.41) is 8.17. The second-order valence-electron chi connectivity index (χ2n) is 6.17. The molecule has 1 aromatic rings. The molecule has 2 atom stereocenters. The molecule has 0 saturated carbocycles. The molecule has 2 heterocycles. The van der Waals surface area contributed by atoms with Crippen LogP contribution in [0.1, 0.15) is 26.0 Å². The number of anilines is 1. The highest BCUT2D eigenvalue weighted by Crippen LogP contribution is 2.24. The molecule has 1 aromatic heterocycles. The summed E-state index contributed by atoms with van der Waals surface area (Å²) in [4.78, 5) is 11.8. The molecule has 0 aliphatic carbocycles. The van der Waals surface area contributed by atoms with Crippen molar-refractivity contribution in [3.63, 3.8) is 0 Å². The number of rotatable bonds is 6. The highest BCUT2D eigenvalue weighted by atomic mass is 32.2. The lowest BCUT2D eigenvalue weighted by Gasteiger charge is -2.34. The summed E-state index contributed by atoms with van der Waals surface area (Å²) in [5.41, 5.74) is -0.676. The van der Waals surface area contributed by atoms with Gasteiger partial charge in [-0.2, -0.15) is 9.40 Å². The summed E-state index contributed by atoms with van der Waals surface area (Å²) in [5.74, 6) is -0.297. The van der Waals surface area contributed by atoms with Gasteiger partial charge in [0.2, 0.25) is 10.0 Å². The van der Waals surface area contributed by atoms with Gasteiger partial charge in [-0.15, -0.1) is 0 Å². The van der Waals surface area contributed by atoms with Gasteiger partial charge in [0.1, 0.15) is 0 Å². The molecule has 0 radical (unpaired) electrons. The topological polar surface area (TPSA) is 106 Å². The van der Waals surface area contributed by atoms with Gasteiger partial charge in [-0.25, -0.2) is 22.0 Å². The number of hydrogen-bond acceptors (Lipinski definition) is 5. The number of morpholine rings is 1. The van der Waals surface area contributed by atoms with E-state index in [0.717, 1.165) is 4.68 Å². The van der Waals surface area contributed by atoms with Crippen LogP contribution >= 0.6 is 0 Å². The molecule has 2 rings (SSSR count). The van der Waals surface area contributed by atoms with E-state index in [9.17, 15) is 22.0 Å². The van der Waals surface area contributed by atoms with Crippen LogP contribution in [0, 0.1) is 0 Å². The van der Waals surface area contributed by atoms with Gasteiger partial charge in [0, 0.05) is 32.9 Å². The van der Waals surface area contributed by atoms with Crippen molar-refractivity contribution in [1.82, 2.24) is 19.4 Å². The number of nitrogens with one attached hydrogen (secondary N) is 2. The van der Waals surface area contributed by atoms with E-state index in [1.54, 1.807) is 13.8 Å². The third-order valence-electron chi connectivity index (χ3n) is 3.74. The van der Waals surface area contributed by atoms with E-state index in [0.29, 0.717) is 0 Å². The van der Waals surface area contributed by atoms with Crippen molar-refractivity contribution >= 4 is 21.7 Å². The van der Waals surface area contributed by atoms with Crippen LogP contribution in [-0.4, -0.2) is 66.1 Å². The summed E-state index contributed by atoms with van der Waals surface area (Å²) < 4.78 is 58.3. The molecule has 9 nitrogen and oxygen atoms in total. The van der Waals surface area contributed by atoms with Gasteiger partial charge < -0.3 is 15.4 Å². The van der Waals surface area contributed by atoms with Crippen molar-refractivity contribution < 1.29 is 26.7 Å². The Bertz CT molecular complexity index is 730. The molecular weight excluding hydrogens is 372 g/mol. The van der Waals surface area contributed by atoms with Crippen LogP contribution in [0.3, 0.4) is 0 Å². The number of halogens is 2. The summed E-state index contributed by atoms with van der Waals surface area (Å²) in [6.45, 7) is 3.94. The highest BCUT2D eigenvalue weighted by molar-refractivity contribution is 7.89. The quantitative estimate of drug-likeness (QED) is 0.745. The zero-order valence-electron chi connectivity index (χ0n) is 14.8. The Morgan fingerprint density at radius 2 is 2.00 bits per heavy atom. The van der Waals surface area contributed by atoms with Gasteiger partial charge in [0.05, 0.1) is 23.6 Å². The number of aromatic nitrogens is 2. The number of carbonyl (C=O) groups excluding carboxylic acids is 1. The molecule has 1 fully saturated rings. The minimum absolute atomic E-state index is 0.126. The Morgan fingerprint density at radius 1 is 1.38 bits per heavy atom. The zero-order chi connectivity index (χ0) is 19.5. The van der Waals surface area contributed by atoms with Crippen LogP contribution in [0.2, 0.25) is 0 Å². The Morgan fingerprint density at radius 3 is 2.58 bits per heavy atom. The number of carbonyl (C=O) groups is 1. The number of nitrogens with zero attached hydrogens (tertiary/aromatic N) is 3. The lowest BCUT2D eigenvalue weighted by atomic mass is 10.3. The zero-order valence-corrected chi connectivity index (χ0v) is 15.6. The van der Waals surface area contributed by atoms with E-state index in [-0.39, 0.29) is 43.3 Å². The third kappa shape index (κ3) is 5.35. The van der Waals surface area contributed by atoms with Crippen molar-refractivity contribution in [1.29, 1.82) is 0 Å². The fourth-order valence-electron chi connectivity index (χ4n) is 2.71. The summed E-state index contributed by atoms with van der Waals surface area (Å²) >= 11 is 0. The van der Waals surface area contributed by atoms with Crippen molar-refractivity contribution in [3.8, 4) is 0 Å². The Balaban J connectivity index is 1.86. The maximum Gasteiger partial charge on any atom is 0.319 e. The van der Waals surface area contributed by atoms with Gasteiger partial charge in [-0.3, -0.25) is 4.68 Å². The van der Waals surface area contributed by atoms with Crippen molar-refractivity contribution in [2.45, 2.75) is 32.5 Å². The molecule has 2 N–H and O–H groups in total. The van der Waals surface area contributed by atoms with Crippen LogP contribution in [0.25, 0.3) is 0 Å². The van der Waals surface area contributed by atoms with Gasteiger partial charge in [0.25, 0.3) is 6.43 Å². The molecule has 1 aliphatic rings. The third-order valence-corrected chi connectivity index (χ3v) is 5.54. The van der Waals surface area contributed by atoms with E-state index in [1.807, 2.05) is 0 Å². The fraction of sp³-hybridized carbons (Fsp3) is 0.714. The number of hydrogen-bond donors (Lipinski definition) is 2. The number of ether oxygens (including phenoxy) is 1. The molecule has 2 amide bonds. The molecule has 26 heavy (non-hydrogen) atoms. The number of urea groups is 1. The lowest BCUT2D eigenvalue weighted by molar-refractivity contribution is -0.0440. The first-order chi connectivity index (χ1) is 12.1. The van der Waals surface area contributed by atoms with Crippen LogP contribution in [0.4, 0.5) is 19.3 Å². The summed E-state index contributed by atoms with van der Waals surface area (Å²) in [6.07, 6.45) is -2.00. The van der Waals surface area contributed by atoms with E-state index >= 15 is 0 Å². The van der Waals surface area contributed by atoms with Crippen molar-refractivity contribution in [2.75, 3.05) is 30.7 Å². The van der Waals surface area contributed by atoms with Crippen molar-refractivity contribution in [2.24, 2.45) is 7.05 Å². The maximum atomic E-state index is 12.8. The second kappa shape index (κ2) is 8.27. The lowest BCUT2D eigenvalue weighted by Crippen LogP contribution is -2.49. The molecular formula is C14H23F2N5O4S. The van der Waals surface area contributed by atoms with E-state index in [2.05, 4.69) is 15.7 Å². The number of sulfonamides is 1. The van der Waals surface area contributed by atoms with Gasteiger partial charge in [-0.05, 0) is 13.8 Å². The molecule has 0 spiro atoms. The summed E-state index contributed by atoms with van der Waals surface area (Å²) in [7, 11) is -2.11. The van der Waals surface area contributed by atoms with Crippen LogP contribution < -0.4 is 10.6 Å². The van der Waals surface area contributed by atoms with Gasteiger partial charge >= 0.3 is 6.03 Å². The standard InChI is InChI=1S/C14H23F2N5O4S/c1-9-6-21(7-10(2)25-9)26(23,24)5-4-17-14(22)18-11-8-20(3)19-12(11)13(15)16/h8-10,13H,4-7H2,1-3H3,(H2,17,18,22). The van der Waals surface area contributed by atoms with Gasteiger partial charge in [0.15, 0.2) is 5.69 Å². The first-order valence-electron chi connectivity index (χ1n) is 8.08. The Labute approximate surface area is 150 Å². The molecule has 148 valence electrons. The predicted octanol–water partition coefficient (Wildman–Crippen LogP) is 0.918. The second-order valence-corrected chi connectivity index (χ2v) is 8.26. The number of alkyl halides is 2. The largest absolute Gasteiger partial charge is 0.373 e. The minimum Gasteiger partial charge on any atom is -0.373 e. The van der Waals surface area contributed by atoms with E-state index in [4.69, 9.17) is 4.74 Å². The van der Waals surface area contributed by atoms with E-state index in [1.165, 1.54) is 17.5 Å². The fourth-order valence-corrected chi connectivity index (χ4v) is 4.20. The molecule has 12 heteroatoms. The predicted molar refractivity (Wildman–Crippen MR) is 90.6 cm³/mol. The maximum absolute atomic E-state index is 12.8. The van der Waals surface area contributed by atoms with Crippen LogP contribution in [0.5, 0.6) is 0 Å².